The highest BCUT2D eigenvalue weighted by Gasteiger charge is 2.27. The van der Waals surface area contributed by atoms with Crippen molar-refractivity contribution in [3.8, 4) is 0 Å². The molecule has 2 atom stereocenters. The van der Waals surface area contributed by atoms with Crippen molar-refractivity contribution in [1.82, 2.24) is 4.98 Å². The highest BCUT2D eigenvalue weighted by Crippen LogP contribution is 2.25. The van der Waals surface area contributed by atoms with Crippen LogP contribution in [0.5, 0.6) is 0 Å². The fraction of sp³-hybridized carbons (Fsp3) is 0.467. The van der Waals surface area contributed by atoms with Gasteiger partial charge >= 0.3 is 0 Å². The van der Waals surface area contributed by atoms with Crippen molar-refractivity contribution in [1.29, 1.82) is 0 Å². The first kappa shape index (κ1) is 14.4. The highest BCUT2D eigenvalue weighted by molar-refractivity contribution is 7.22. The van der Waals surface area contributed by atoms with Crippen LogP contribution in [0.4, 0.5) is 5.13 Å². The van der Waals surface area contributed by atoms with Gasteiger partial charge in [-0.15, -0.1) is 0 Å². The first-order valence-electron chi connectivity index (χ1n) is 7.24. The molecule has 1 aromatic heterocycles. The minimum Gasteiger partial charge on any atom is -0.364 e. The van der Waals surface area contributed by atoms with Crippen LogP contribution in [0.25, 0.3) is 10.2 Å². The van der Waals surface area contributed by atoms with E-state index < -0.39 is 0 Å². The van der Waals surface area contributed by atoms with Gasteiger partial charge in [-0.1, -0.05) is 23.5 Å². The first-order chi connectivity index (χ1) is 10.1. The molecule has 0 spiro atoms. The molecule has 2 heterocycles. The SMILES string of the molecule is C[C@H]1C[NH+](CC(=O)Nc2nc3ccccc3s2)C[C@H](C)O1. The lowest BCUT2D eigenvalue weighted by molar-refractivity contribution is -0.907. The standard InChI is InChI=1S/C15H19N3O2S/c1-10-7-18(8-11(2)20-10)9-14(19)17-15-16-12-5-3-4-6-13(12)21-15/h3-6,10-11H,7-9H2,1-2H3,(H,16,17,19)/p+1/t10-,11-/m0/s1. The smallest absolute Gasteiger partial charge is 0.281 e. The van der Waals surface area contributed by atoms with Gasteiger partial charge in [0.1, 0.15) is 25.3 Å². The molecule has 1 amide bonds. The number of hydrogen-bond acceptors (Lipinski definition) is 4. The maximum absolute atomic E-state index is 12.2. The molecule has 21 heavy (non-hydrogen) atoms. The molecule has 1 fully saturated rings. The molecule has 0 aliphatic carbocycles. The maximum Gasteiger partial charge on any atom is 0.281 e. The molecule has 0 radical (unpaired) electrons. The van der Waals surface area contributed by atoms with Crippen molar-refractivity contribution < 1.29 is 14.4 Å². The van der Waals surface area contributed by atoms with Crippen molar-refractivity contribution in [2.45, 2.75) is 26.1 Å². The Morgan fingerprint density at radius 3 is 2.81 bits per heavy atom. The van der Waals surface area contributed by atoms with Crippen LogP contribution in [0.1, 0.15) is 13.8 Å². The van der Waals surface area contributed by atoms with Gasteiger partial charge < -0.3 is 9.64 Å². The van der Waals surface area contributed by atoms with E-state index in [0.29, 0.717) is 11.7 Å². The summed E-state index contributed by atoms with van der Waals surface area (Å²) < 4.78 is 6.78. The number of aromatic nitrogens is 1. The van der Waals surface area contributed by atoms with Gasteiger partial charge in [0.05, 0.1) is 10.2 Å². The molecule has 0 bridgehead atoms. The number of nitrogens with zero attached hydrogens (tertiary/aromatic N) is 1. The fourth-order valence-corrected chi connectivity index (χ4v) is 3.73. The molecule has 1 aliphatic rings. The summed E-state index contributed by atoms with van der Waals surface area (Å²) in [6, 6.07) is 7.90. The Hall–Kier alpha value is -1.50. The number of carbonyl (C=O) groups is 1. The number of nitrogens with one attached hydrogen (secondary N) is 2. The third kappa shape index (κ3) is 3.58. The second-order valence-corrected chi connectivity index (χ2v) is 6.66. The Morgan fingerprint density at radius 1 is 1.38 bits per heavy atom. The zero-order valence-electron chi connectivity index (χ0n) is 12.3. The molecular weight excluding hydrogens is 286 g/mol. The van der Waals surface area contributed by atoms with Crippen molar-refractivity contribution >= 4 is 32.6 Å². The van der Waals surface area contributed by atoms with Crippen LogP contribution < -0.4 is 10.2 Å². The average Bonchev–Trinajstić information content (AvgIpc) is 2.78. The number of carbonyl (C=O) groups excluding carboxylic acids is 1. The van der Waals surface area contributed by atoms with Gasteiger partial charge in [0.2, 0.25) is 0 Å². The van der Waals surface area contributed by atoms with Gasteiger partial charge in [-0.3, -0.25) is 10.1 Å². The maximum atomic E-state index is 12.2. The monoisotopic (exact) mass is 306 g/mol. The van der Waals surface area contributed by atoms with Crippen LogP contribution in [-0.4, -0.2) is 42.7 Å². The van der Waals surface area contributed by atoms with Gasteiger partial charge in [0, 0.05) is 0 Å². The number of para-hydroxylation sites is 1. The summed E-state index contributed by atoms with van der Waals surface area (Å²) >= 11 is 1.51. The lowest BCUT2D eigenvalue weighted by Gasteiger charge is -2.31. The van der Waals surface area contributed by atoms with E-state index in [9.17, 15) is 4.79 Å². The molecule has 1 saturated heterocycles. The van der Waals surface area contributed by atoms with E-state index in [1.54, 1.807) is 0 Å². The normalized spacial score (nSPS) is 25.9. The largest absolute Gasteiger partial charge is 0.364 e. The summed E-state index contributed by atoms with van der Waals surface area (Å²) in [5.74, 6) is 0.0188. The van der Waals surface area contributed by atoms with E-state index in [2.05, 4.69) is 24.1 Å². The molecule has 1 aromatic carbocycles. The fourth-order valence-electron chi connectivity index (χ4n) is 2.85. The summed E-state index contributed by atoms with van der Waals surface area (Å²) in [4.78, 5) is 17.9. The van der Waals surface area contributed by atoms with E-state index in [4.69, 9.17) is 4.74 Å². The third-order valence-corrected chi connectivity index (χ3v) is 4.52. The van der Waals surface area contributed by atoms with Crippen LogP contribution in [0.2, 0.25) is 0 Å². The van der Waals surface area contributed by atoms with Crippen molar-refractivity contribution in [3.63, 3.8) is 0 Å². The van der Waals surface area contributed by atoms with Gasteiger partial charge in [-0.25, -0.2) is 4.98 Å². The van der Waals surface area contributed by atoms with E-state index in [1.165, 1.54) is 16.2 Å². The summed E-state index contributed by atoms with van der Waals surface area (Å²) in [6.45, 7) is 6.32. The van der Waals surface area contributed by atoms with E-state index in [1.807, 2.05) is 24.3 Å². The van der Waals surface area contributed by atoms with E-state index >= 15 is 0 Å². The Bertz CT molecular complexity index is 600. The number of hydrogen-bond donors (Lipinski definition) is 2. The number of thiazole rings is 1. The van der Waals surface area contributed by atoms with Crippen molar-refractivity contribution in [2.75, 3.05) is 25.0 Å². The zero-order valence-corrected chi connectivity index (χ0v) is 13.1. The van der Waals surface area contributed by atoms with E-state index in [-0.39, 0.29) is 18.1 Å². The van der Waals surface area contributed by atoms with E-state index in [0.717, 1.165) is 23.3 Å². The number of quaternary nitrogens is 1. The summed E-state index contributed by atoms with van der Waals surface area (Å²) in [5, 5.41) is 3.59. The van der Waals surface area contributed by atoms with Gasteiger partial charge in [0.25, 0.3) is 5.91 Å². The molecule has 2 N–H and O–H groups in total. The van der Waals surface area contributed by atoms with Crippen LogP contribution in [0, 0.1) is 0 Å². The molecule has 112 valence electrons. The number of rotatable bonds is 3. The minimum absolute atomic E-state index is 0.0188. The summed E-state index contributed by atoms with van der Waals surface area (Å²) in [7, 11) is 0. The first-order valence-corrected chi connectivity index (χ1v) is 8.06. The lowest BCUT2D eigenvalue weighted by atomic mass is 10.2. The van der Waals surface area contributed by atoms with Crippen molar-refractivity contribution in [2.24, 2.45) is 0 Å². The molecule has 2 aromatic rings. The molecule has 3 rings (SSSR count). The highest BCUT2D eigenvalue weighted by atomic mass is 32.1. The predicted molar refractivity (Wildman–Crippen MR) is 83.8 cm³/mol. The third-order valence-electron chi connectivity index (χ3n) is 3.57. The quantitative estimate of drug-likeness (QED) is 0.887. The Morgan fingerprint density at radius 2 is 2.10 bits per heavy atom. The van der Waals surface area contributed by atoms with Crippen LogP contribution in [0.15, 0.2) is 24.3 Å². The van der Waals surface area contributed by atoms with Crippen LogP contribution in [0.3, 0.4) is 0 Å². The second-order valence-electron chi connectivity index (χ2n) is 5.63. The van der Waals surface area contributed by atoms with Crippen molar-refractivity contribution in [3.05, 3.63) is 24.3 Å². The lowest BCUT2D eigenvalue weighted by Crippen LogP contribution is -3.16. The molecule has 0 saturated carbocycles. The predicted octanol–water partition coefficient (Wildman–Crippen LogP) is 0.927. The topological polar surface area (TPSA) is 55.7 Å². The number of amides is 1. The van der Waals surface area contributed by atoms with Crippen LogP contribution >= 0.6 is 11.3 Å². The Labute approximate surface area is 127 Å². The molecule has 6 heteroatoms. The minimum atomic E-state index is 0.0188. The number of morpholine rings is 1. The number of anilines is 1. The Kier molecular flexibility index (Phi) is 4.19. The van der Waals surface area contributed by atoms with Gasteiger partial charge in [-0.05, 0) is 26.0 Å². The number of benzene rings is 1. The molecule has 5 nitrogen and oxygen atoms in total. The molecule has 1 aliphatic heterocycles. The number of fused-ring (bicyclic) bond motifs is 1. The van der Waals surface area contributed by atoms with Gasteiger partial charge in [0.15, 0.2) is 11.7 Å². The van der Waals surface area contributed by atoms with Crippen LogP contribution in [-0.2, 0) is 9.53 Å². The number of ether oxygens (including phenoxy) is 1. The summed E-state index contributed by atoms with van der Waals surface area (Å²) in [5.41, 5.74) is 0.929. The summed E-state index contributed by atoms with van der Waals surface area (Å²) in [6.07, 6.45) is 0.415. The average molecular weight is 306 g/mol. The molecule has 0 unspecified atom stereocenters. The second kappa shape index (κ2) is 6.09. The van der Waals surface area contributed by atoms with Gasteiger partial charge in [-0.2, -0.15) is 0 Å². The Balaban J connectivity index is 1.61. The molecular formula is C15H20N3O2S+. The zero-order chi connectivity index (χ0) is 14.8.